The van der Waals surface area contributed by atoms with Crippen LogP contribution in [0.2, 0.25) is 0 Å². The van der Waals surface area contributed by atoms with Gasteiger partial charge in [0.05, 0.1) is 25.6 Å². The molecule has 2 fully saturated rings. The average molecular weight is 571 g/mol. The number of furan rings is 1. The van der Waals surface area contributed by atoms with Crippen molar-refractivity contribution in [3.05, 3.63) is 47.5 Å². The highest BCUT2D eigenvalue weighted by Crippen LogP contribution is 2.68. The Morgan fingerprint density at radius 2 is 1.80 bits per heavy atom. The fraction of sp³-hybridized carbons (Fsp3) is 0.613. The van der Waals surface area contributed by atoms with Gasteiger partial charge in [0.2, 0.25) is 0 Å². The van der Waals surface area contributed by atoms with Crippen molar-refractivity contribution in [1.82, 2.24) is 0 Å². The molecule has 10 nitrogen and oxygen atoms in total. The van der Waals surface area contributed by atoms with Crippen molar-refractivity contribution in [2.24, 2.45) is 34.0 Å². The van der Waals surface area contributed by atoms with Gasteiger partial charge in [-0.1, -0.05) is 41.5 Å². The van der Waals surface area contributed by atoms with E-state index in [-0.39, 0.29) is 0 Å². The summed E-state index contributed by atoms with van der Waals surface area (Å²) in [6.45, 7) is 10.2. The summed E-state index contributed by atoms with van der Waals surface area (Å²) in [7, 11) is 1.14. The number of hydrogen-bond acceptors (Lipinski definition) is 10. The minimum absolute atomic E-state index is 0.431. The van der Waals surface area contributed by atoms with E-state index < -0.39 is 81.6 Å². The van der Waals surface area contributed by atoms with Gasteiger partial charge in [-0.05, 0) is 42.0 Å². The van der Waals surface area contributed by atoms with Crippen molar-refractivity contribution in [2.75, 3.05) is 7.11 Å². The van der Waals surface area contributed by atoms with Gasteiger partial charge in [0.25, 0.3) is 0 Å². The number of methoxy groups -OCH3 is 1. The number of allylic oxidation sites excluding steroid dienone is 1. The molecule has 0 saturated heterocycles. The van der Waals surface area contributed by atoms with E-state index in [2.05, 4.69) is 0 Å². The molecule has 2 N–H and O–H groups in total. The van der Waals surface area contributed by atoms with Crippen molar-refractivity contribution in [3.8, 4) is 0 Å². The number of carbonyl (C=O) groups is 4. The smallest absolute Gasteiger partial charge is 0.335 e. The molecule has 1 aromatic heterocycles. The largest absolute Gasteiger partial charge is 0.472 e. The molecule has 2 heterocycles. The number of carbonyl (C=O) groups excluding carboxylic acids is 4. The Kier molecular flexibility index (Phi) is 6.70. The second-order valence-electron chi connectivity index (χ2n) is 13.2. The Morgan fingerprint density at radius 1 is 1.12 bits per heavy atom. The first-order chi connectivity index (χ1) is 19.0. The van der Waals surface area contributed by atoms with Crippen molar-refractivity contribution in [3.63, 3.8) is 0 Å². The first-order valence-electron chi connectivity index (χ1n) is 14.0. The van der Waals surface area contributed by atoms with E-state index in [1.54, 1.807) is 40.7 Å². The first kappa shape index (κ1) is 29.3. The van der Waals surface area contributed by atoms with Crippen LogP contribution in [-0.4, -0.2) is 58.8 Å². The number of ketones is 1. The Labute approximate surface area is 238 Å². The molecule has 41 heavy (non-hydrogen) atoms. The lowest BCUT2D eigenvalue weighted by Gasteiger charge is -2.65. The fourth-order valence-corrected chi connectivity index (χ4v) is 8.27. The van der Waals surface area contributed by atoms with E-state index in [1.807, 2.05) is 6.92 Å². The molecule has 2 saturated carbocycles. The molecule has 10 heteroatoms. The molecule has 2 bridgehead atoms. The third kappa shape index (κ3) is 3.90. The van der Waals surface area contributed by atoms with Crippen LogP contribution in [0.3, 0.4) is 0 Å². The number of fused-ring (bicyclic) bond motifs is 6. The number of aliphatic hydroxyl groups is 2. The summed E-state index contributed by atoms with van der Waals surface area (Å²) in [5.41, 5.74) is -4.00. The number of hydrogen-bond donors (Lipinski definition) is 2. The summed E-state index contributed by atoms with van der Waals surface area (Å²) >= 11 is 0. The van der Waals surface area contributed by atoms with Crippen molar-refractivity contribution >= 4 is 23.7 Å². The predicted molar refractivity (Wildman–Crippen MR) is 143 cm³/mol. The predicted octanol–water partition coefficient (Wildman–Crippen LogP) is 3.22. The van der Waals surface area contributed by atoms with E-state index in [4.69, 9.17) is 18.6 Å². The van der Waals surface area contributed by atoms with Crippen molar-refractivity contribution in [1.29, 1.82) is 0 Å². The topological polar surface area (TPSA) is 150 Å². The van der Waals surface area contributed by atoms with Crippen LogP contribution in [0.15, 0.2) is 46.3 Å². The third-order valence-electron chi connectivity index (χ3n) is 10.1. The molecule has 0 radical (unpaired) electrons. The summed E-state index contributed by atoms with van der Waals surface area (Å²) < 4.78 is 21.8. The zero-order chi connectivity index (χ0) is 30.3. The van der Waals surface area contributed by atoms with E-state index in [9.17, 15) is 29.4 Å². The normalized spacial score (nSPS) is 38.1. The van der Waals surface area contributed by atoms with Crippen LogP contribution < -0.4 is 0 Å². The van der Waals surface area contributed by atoms with Gasteiger partial charge in [0.1, 0.15) is 12.2 Å². The second kappa shape index (κ2) is 9.39. The Hall–Kier alpha value is -3.24. The Morgan fingerprint density at radius 3 is 2.39 bits per heavy atom. The van der Waals surface area contributed by atoms with E-state index in [1.165, 1.54) is 24.7 Å². The molecule has 222 valence electrons. The number of aliphatic hydroxyl groups excluding tert-OH is 1. The van der Waals surface area contributed by atoms with Crippen molar-refractivity contribution < 1.29 is 48.0 Å². The lowest BCUT2D eigenvalue weighted by molar-refractivity contribution is -0.234. The number of ether oxygens (including phenoxy) is 3. The summed E-state index contributed by atoms with van der Waals surface area (Å²) in [6, 6.07) is 1.73. The van der Waals surface area contributed by atoms with Gasteiger partial charge in [-0.15, -0.1) is 0 Å². The van der Waals surface area contributed by atoms with Gasteiger partial charge in [0, 0.05) is 33.8 Å². The molecular weight excluding hydrogens is 532 g/mol. The fourth-order valence-electron chi connectivity index (χ4n) is 8.27. The van der Waals surface area contributed by atoms with Crippen LogP contribution in [0, 0.1) is 34.0 Å². The molecule has 0 spiro atoms. The lowest BCUT2D eigenvalue weighted by atomic mass is 9.40. The van der Waals surface area contributed by atoms with Gasteiger partial charge in [-0.3, -0.25) is 9.59 Å². The molecule has 8 atom stereocenters. The molecule has 8 unspecified atom stereocenters. The van der Waals surface area contributed by atoms with Crippen LogP contribution in [-0.2, 0) is 33.4 Å². The minimum atomic E-state index is -2.30. The molecule has 5 rings (SSSR count). The average Bonchev–Trinajstić information content (AvgIpc) is 3.44. The molecular formula is C31H38O10. The van der Waals surface area contributed by atoms with Gasteiger partial charge < -0.3 is 28.8 Å². The van der Waals surface area contributed by atoms with Crippen LogP contribution in [0.25, 0.3) is 0 Å². The molecule has 1 aliphatic heterocycles. The SMILES string of the molecule is COC(=O)C(O)C1C(C)(C)C(OC(=O)C(C)C)C2(O)C=C3C4=CC(=O)OC(c5ccoc5)C4(C)CCC3C1(C)C2=O. The molecule has 0 amide bonds. The van der Waals surface area contributed by atoms with Crippen LogP contribution >= 0.6 is 0 Å². The van der Waals surface area contributed by atoms with Crippen LogP contribution in [0.1, 0.15) is 66.1 Å². The minimum Gasteiger partial charge on any atom is -0.472 e. The van der Waals surface area contributed by atoms with Crippen LogP contribution in [0.4, 0.5) is 0 Å². The summed E-state index contributed by atoms with van der Waals surface area (Å²) in [6.07, 6.45) is 2.89. The van der Waals surface area contributed by atoms with Crippen molar-refractivity contribution in [2.45, 2.75) is 78.3 Å². The lowest BCUT2D eigenvalue weighted by Crippen LogP contribution is -2.75. The standard InChI is InChI=1S/C31H38O10/c1-15(2)24(34)41-27-28(3,4)22(21(33)25(35)38-7)30(6)18-8-10-29(5)19(17(18)13-31(27,37)26(30)36)12-20(32)40-23(29)16-9-11-39-14-16/h9,11-15,18,21-23,27,33,37H,8,10H2,1-7H3. The summed E-state index contributed by atoms with van der Waals surface area (Å²) in [4.78, 5) is 53.2. The van der Waals surface area contributed by atoms with Gasteiger partial charge in [-0.25, -0.2) is 9.59 Å². The first-order valence-corrected chi connectivity index (χ1v) is 14.0. The zero-order valence-corrected chi connectivity index (χ0v) is 24.4. The summed E-state index contributed by atoms with van der Waals surface area (Å²) in [5.74, 6) is -5.08. The van der Waals surface area contributed by atoms with Gasteiger partial charge >= 0.3 is 17.9 Å². The number of esters is 3. The van der Waals surface area contributed by atoms with E-state index in [0.29, 0.717) is 29.6 Å². The molecule has 3 aliphatic carbocycles. The summed E-state index contributed by atoms with van der Waals surface area (Å²) in [5, 5.41) is 23.8. The molecule has 4 aliphatic rings. The maximum Gasteiger partial charge on any atom is 0.335 e. The number of rotatable bonds is 5. The van der Waals surface area contributed by atoms with Crippen LogP contribution in [0.5, 0.6) is 0 Å². The van der Waals surface area contributed by atoms with Gasteiger partial charge in [-0.2, -0.15) is 0 Å². The monoisotopic (exact) mass is 570 g/mol. The molecule has 0 aromatic carbocycles. The zero-order valence-electron chi connectivity index (χ0n) is 24.4. The highest BCUT2D eigenvalue weighted by atomic mass is 16.6. The third-order valence-corrected chi connectivity index (χ3v) is 10.1. The van der Waals surface area contributed by atoms with Gasteiger partial charge in [0.15, 0.2) is 17.5 Å². The highest BCUT2D eigenvalue weighted by Gasteiger charge is 2.75. The maximum absolute atomic E-state index is 14.5. The Bertz CT molecular complexity index is 1350. The second-order valence-corrected chi connectivity index (χ2v) is 13.2. The number of Topliss-reactive ketones (excluding diaryl/α,β-unsaturated/α-hetero) is 1. The number of cyclic esters (lactones) is 1. The maximum atomic E-state index is 14.5. The quantitative estimate of drug-likeness (QED) is 0.399. The van der Waals surface area contributed by atoms with E-state index in [0.717, 1.165) is 7.11 Å². The Balaban J connectivity index is 1.76. The molecule has 1 aromatic rings. The van der Waals surface area contributed by atoms with E-state index >= 15 is 0 Å². The highest BCUT2D eigenvalue weighted by molar-refractivity contribution is 6.00.